The van der Waals surface area contributed by atoms with E-state index in [1.54, 1.807) is 18.4 Å². The summed E-state index contributed by atoms with van der Waals surface area (Å²) in [6.07, 6.45) is -0.347. The van der Waals surface area contributed by atoms with Crippen molar-refractivity contribution in [1.82, 2.24) is 9.80 Å². The summed E-state index contributed by atoms with van der Waals surface area (Å²) in [7, 11) is 0. The van der Waals surface area contributed by atoms with Crippen LogP contribution in [0.5, 0.6) is 0 Å². The van der Waals surface area contributed by atoms with Crippen LogP contribution in [0, 0.1) is 11.3 Å². The second-order valence-corrected chi connectivity index (χ2v) is 6.18. The number of aliphatic hydroxyl groups excluding tert-OH is 1. The van der Waals surface area contributed by atoms with Gasteiger partial charge in [0.2, 0.25) is 0 Å². The Hall–Kier alpha value is -1.42. The summed E-state index contributed by atoms with van der Waals surface area (Å²) in [5.74, 6) is 0.000645. The van der Waals surface area contributed by atoms with Gasteiger partial charge in [-0.15, -0.1) is 11.3 Å². The van der Waals surface area contributed by atoms with E-state index in [9.17, 15) is 9.90 Å². The van der Waals surface area contributed by atoms with Crippen molar-refractivity contribution in [2.24, 2.45) is 0 Å². The van der Waals surface area contributed by atoms with Gasteiger partial charge in [-0.1, -0.05) is 0 Å². The summed E-state index contributed by atoms with van der Waals surface area (Å²) >= 11 is 1.32. The molecule has 0 aliphatic carbocycles. The molecule has 5 nitrogen and oxygen atoms in total. The zero-order valence-electron chi connectivity index (χ0n) is 11.7. The number of β-amino-alcohol motifs (C(OH)–C–C–N with tert-alkyl or cyclic N) is 1. The molecule has 0 unspecified atom stereocenters. The Kier molecular flexibility index (Phi) is 4.76. The molecule has 1 saturated heterocycles. The van der Waals surface area contributed by atoms with Gasteiger partial charge < -0.3 is 10.0 Å². The molecule has 1 aromatic heterocycles. The third-order valence-corrected chi connectivity index (χ3v) is 4.35. The molecule has 1 N–H and O–H groups in total. The Morgan fingerprint density at radius 2 is 2.40 bits per heavy atom. The van der Waals surface area contributed by atoms with Crippen molar-refractivity contribution in [3.63, 3.8) is 0 Å². The molecule has 1 aliphatic heterocycles. The number of aliphatic hydroxyl groups is 1. The average Bonchev–Trinajstić information content (AvgIpc) is 2.86. The molecule has 20 heavy (non-hydrogen) atoms. The van der Waals surface area contributed by atoms with Crippen LogP contribution in [0.3, 0.4) is 0 Å². The Morgan fingerprint density at radius 1 is 1.65 bits per heavy atom. The Bertz CT molecular complexity index is 521. The molecule has 2 rings (SSSR count). The van der Waals surface area contributed by atoms with Gasteiger partial charge in [-0.3, -0.25) is 9.69 Å². The molecule has 108 valence electrons. The molecule has 0 radical (unpaired) electrons. The SMILES string of the molecule is C[C@@H]1CN(C[C@@H](C)O)CCN1C(=O)c1cc(C#N)cs1. The van der Waals surface area contributed by atoms with Crippen molar-refractivity contribution in [2.75, 3.05) is 26.2 Å². The number of rotatable bonds is 3. The lowest BCUT2D eigenvalue weighted by Crippen LogP contribution is -2.54. The smallest absolute Gasteiger partial charge is 0.264 e. The highest BCUT2D eigenvalue weighted by atomic mass is 32.1. The van der Waals surface area contributed by atoms with E-state index in [0.29, 0.717) is 23.5 Å². The monoisotopic (exact) mass is 293 g/mol. The number of hydrogen-bond acceptors (Lipinski definition) is 5. The quantitative estimate of drug-likeness (QED) is 0.907. The first-order valence-corrected chi connectivity index (χ1v) is 7.59. The molecule has 1 amide bonds. The van der Waals surface area contributed by atoms with Crippen molar-refractivity contribution in [2.45, 2.75) is 26.0 Å². The van der Waals surface area contributed by atoms with E-state index in [1.807, 2.05) is 17.9 Å². The zero-order chi connectivity index (χ0) is 14.7. The topological polar surface area (TPSA) is 67.6 Å². The van der Waals surface area contributed by atoms with Gasteiger partial charge in [0.25, 0.3) is 5.91 Å². The molecular weight excluding hydrogens is 274 g/mol. The second-order valence-electron chi connectivity index (χ2n) is 5.27. The summed E-state index contributed by atoms with van der Waals surface area (Å²) in [6, 6.07) is 3.82. The summed E-state index contributed by atoms with van der Waals surface area (Å²) in [5, 5.41) is 19.9. The van der Waals surface area contributed by atoms with Gasteiger partial charge in [0.05, 0.1) is 16.5 Å². The average molecular weight is 293 g/mol. The van der Waals surface area contributed by atoms with Gasteiger partial charge in [-0.05, 0) is 19.9 Å². The maximum atomic E-state index is 12.4. The van der Waals surface area contributed by atoms with Crippen LogP contribution in [0.25, 0.3) is 0 Å². The van der Waals surface area contributed by atoms with Crippen molar-refractivity contribution in [3.05, 3.63) is 21.9 Å². The number of carbonyl (C=O) groups is 1. The van der Waals surface area contributed by atoms with E-state index < -0.39 is 0 Å². The number of nitriles is 1. The number of nitrogens with zero attached hydrogens (tertiary/aromatic N) is 3. The van der Waals surface area contributed by atoms with E-state index in [2.05, 4.69) is 4.90 Å². The van der Waals surface area contributed by atoms with E-state index in [0.717, 1.165) is 13.1 Å². The summed E-state index contributed by atoms with van der Waals surface area (Å²) < 4.78 is 0. The van der Waals surface area contributed by atoms with Crippen LogP contribution in [0.15, 0.2) is 11.4 Å². The van der Waals surface area contributed by atoms with Crippen molar-refractivity contribution >= 4 is 17.2 Å². The first kappa shape index (κ1) is 15.0. The highest BCUT2D eigenvalue weighted by Gasteiger charge is 2.29. The Balaban J connectivity index is 2.00. The van der Waals surface area contributed by atoms with E-state index >= 15 is 0 Å². The molecule has 0 bridgehead atoms. The highest BCUT2D eigenvalue weighted by Crippen LogP contribution is 2.19. The van der Waals surface area contributed by atoms with Crippen LogP contribution in [0.2, 0.25) is 0 Å². The van der Waals surface area contributed by atoms with Gasteiger partial charge >= 0.3 is 0 Å². The predicted molar refractivity (Wildman–Crippen MR) is 77.7 cm³/mol. The van der Waals surface area contributed by atoms with Crippen molar-refractivity contribution < 1.29 is 9.90 Å². The molecule has 0 saturated carbocycles. The fourth-order valence-electron chi connectivity index (χ4n) is 2.52. The third-order valence-electron chi connectivity index (χ3n) is 3.43. The standard InChI is InChI=1S/C14H19N3O2S/c1-10-7-16(8-11(2)18)3-4-17(10)14(19)13-5-12(6-15)9-20-13/h5,9-11,18H,3-4,7-8H2,1-2H3/t10-,11-/m1/s1. The number of thiophene rings is 1. The maximum absolute atomic E-state index is 12.4. The van der Waals surface area contributed by atoms with Gasteiger partial charge in [0.1, 0.15) is 6.07 Å². The van der Waals surface area contributed by atoms with Gasteiger partial charge in [0, 0.05) is 37.6 Å². The summed E-state index contributed by atoms with van der Waals surface area (Å²) in [4.78, 5) is 17.1. The van der Waals surface area contributed by atoms with Crippen LogP contribution in [-0.2, 0) is 0 Å². The van der Waals surface area contributed by atoms with E-state index in [1.165, 1.54) is 11.3 Å². The first-order valence-electron chi connectivity index (χ1n) is 6.71. The lowest BCUT2D eigenvalue weighted by atomic mass is 10.1. The summed E-state index contributed by atoms with van der Waals surface area (Å²) in [6.45, 7) is 6.64. The Morgan fingerprint density at radius 3 is 2.95 bits per heavy atom. The number of hydrogen-bond donors (Lipinski definition) is 1. The number of piperazine rings is 1. The lowest BCUT2D eigenvalue weighted by Gasteiger charge is -2.40. The zero-order valence-corrected chi connectivity index (χ0v) is 12.6. The molecule has 2 atom stereocenters. The van der Waals surface area contributed by atoms with Gasteiger partial charge in [0.15, 0.2) is 0 Å². The molecule has 0 spiro atoms. The number of amides is 1. The van der Waals surface area contributed by atoms with Crippen LogP contribution in [0.4, 0.5) is 0 Å². The minimum absolute atomic E-state index is 0.000645. The minimum atomic E-state index is -0.347. The lowest BCUT2D eigenvalue weighted by molar-refractivity contribution is 0.0387. The fraction of sp³-hybridized carbons (Fsp3) is 0.571. The molecule has 1 fully saturated rings. The predicted octanol–water partition coefficient (Wildman–Crippen LogP) is 1.15. The van der Waals surface area contributed by atoms with E-state index in [4.69, 9.17) is 5.26 Å². The molecular formula is C14H19N3O2S. The van der Waals surface area contributed by atoms with Crippen LogP contribution < -0.4 is 0 Å². The van der Waals surface area contributed by atoms with Gasteiger partial charge in [-0.25, -0.2) is 0 Å². The number of carbonyl (C=O) groups excluding carboxylic acids is 1. The van der Waals surface area contributed by atoms with Crippen LogP contribution >= 0.6 is 11.3 Å². The molecule has 6 heteroatoms. The molecule has 1 aliphatic rings. The molecule has 2 heterocycles. The first-order chi connectivity index (χ1) is 9.51. The molecule has 0 aromatic carbocycles. The van der Waals surface area contributed by atoms with Crippen LogP contribution in [-0.4, -0.2) is 59.1 Å². The van der Waals surface area contributed by atoms with Crippen molar-refractivity contribution in [3.8, 4) is 6.07 Å². The largest absolute Gasteiger partial charge is 0.392 e. The van der Waals surface area contributed by atoms with Gasteiger partial charge in [-0.2, -0.15) is 5.26 Å². The normalized spacial score (nSPS) is 21.5. The third kappa shape index (κ3) is 3.37. The fourth-order valence-corrected chi connectivity index (χ4v) is 3.31. The minimum Gasteiger partial charge on any atom is -0.392 e. The van der Waals surface area contributed by atoms with Crippen LogP contribution in [0.1, 0.15) is 29.1 Å². The second kappa shape index (κ2) is 6.35. The molecule has 1 aromatic rings. The highest BCUT2D eigenvalue weighted by molar-refractivity contribution is 7.12. The van der Waals surface area contributed by atoms with Crippen molar-refractivity contribution in [1.29, 1.82) is 5.26 Å². The van der Waals surface area contributed by atoms with E-state index in [-0.39, 0.29) is 18.1 Å². The maximum Gasteiger partial charge on any atom is 0.264 e. The summed E-state index contributed by atoms with van der Waals surface area (Å²) in [5.41, 5.74) is 0.541. The Labute approximate surface area is 123 Å².